The average molecular weight is 439 g/mol. The van der Waals surface area contributed by atoms with E-state index in [1.165, 1.54) is 0 Å². The maximum atomic E-state index is 11.9. The molecule has 0 spiro atoms. The molecule has 2 aromatic heterocycles. The number of hydrogen-bond donors (Lipinski definition) is 2. The number of rotatable bonds is 3. The van der Waals surface area contributed by atoms with Crippen LogP contribution in [0.5, 0.6) is 0 Å². The highest BCUT2D eigenvalue weighted by Gasteiger charge is 2.38. The van der Waals surface area contributed by atoms with Crippen molar-refractivity contribution in [1.82, 2.24) is 14.9 Å². The number of alkyl halides is 3. The van der Waals surface area contributed by atoms with Gasteiger partial charge in [-0.15, -0.1) is 0 Å². The number of nitrogens with zero attached hydrogens (tertiary/aromatic N) is 3. The summed E-state index contributed by atoms with van der Waals surface area (Å²) in [5.74, 6) is -3.64. The Hall–Kier alpha value is -3.50. The molecule has 0 saturated carbocycles. The SMILES string of the molecule is CCC(=O)N1CCc2cc(C(=O)O)c(-c3cccnc3)nc2CC1.O=C(O)C(F)(F)F. The van der Waals surface area contributed by atoms with Gasteiger partial charge in [-0.3, -0.25) is 14.8 Å². The number of fused-ring (bicyclic) bond motifs is 1. The van der Waals surface area contributed by atoms with Crippen molar-refractivity contribution >= 4 is 17.8 Å². The van der Waals surface area contributed by atoms with E-state index < -0.39 is 18.1 Å². The smallest absolute Gasteiger partial charge is 0.478 e. The van der Waals surface area contributed by atoms with E-state index in [0.717, 1.165) is 11.3 Å². The number of aliphatic carboxylic acids is 1. The first-order chi connectivity index (χ1) is 14.5. The lowest BCUT2D eigenvalue weighted by molar-refractivity contribution is -0.192. The second-order valence-corrected chi connectivity index (χ2v) is 6.57. The molecule has 0 fully saturated rings. The van der Waals surface area contributed by atoms with Crippen molar-refractivity contribution in [2.24, 2.45) is 0 Å². The fourth-order valence-electron chi connectivity index (χ4n) is 2.99. The Balaban J connectivity index is 0.000000423. The molecule has 11 heteroatoms. The highest BCUT2D eigenvalue weighted by Crippen LogP contribution is 2.26. The molecular formula is C20H20F3N3O5. The first-order valence-electron chi connectivity index (χ1n) is 9.29. The molecule has 2 aromatic rings. The summed E-state index contributed by atoms with van der Waals surface area (Å²) in [5, 5.41) is 16.7. The van der Waals surface area contributed by atoms with E-state index in [4.69, 9.17) is 9.90 Å². The predicted molar refractivity (Wildman–Crippen MR) is 102 cm³/mol. The van der Waals surface area contributed by atoms with Crippen LogP contribution < -0.4 is 0 Å². The van der Waals surface area contributed by atoms with Crippen molar-refractivity contribution in [3.05, 3.63) is 47.4 Å². The van der Waals surface area contributed by atoms with Crippen LogP contribution in [0.3, 0.4) is 0 Å². The van der Waals surface area contributed by atoms with Gasteiger partial charge in [-0.25, -0.2) is 9.59 Å². The van der Waals surface area contributed by atoms with Crippen molar-refractivity contribution in [3.8, 4) is 11.3 Å². The summed E-state index contributed by atoms with van der Waals surface area (Å²) in [4.78, 5) is 43.0. The van der Waals surface area contributed by atoms with Crippen LogP contribution in [0.1, 0.15) is 35.0 Å². The maximum Gasteiger partial charge on any atom is 0.490 e. The lowest BCUT2D eigenvalue weighted by Gasteiger charge is -2.18. The van der Waals surface area contributed by atoms with E-state index in [2.05, 4.69) is 9.97 Å². The number of halogens is 3. The number of aromatic nitrogens is 2. The predicted octanol–water partition coefficient (Wildman–Crippen LogP) is 2.81. The van der Waals surface area contributed by atoms with Gasteiger partial charge in [-0.2, -0.15) is 13.2 Å². The van der Waals surface area contributed by atoms with E-state index in [0.29, 0.717) is 43.6 Å². The summed E-state index contributed by atoms with van der Waals surface area (Å²) >= 11 is 0. The van der Waals surface area contributed by atoms with Crippen LogP contribution in [0.25, 0.3) is 11.3 Å². The highest BCUT2D eigenvalue weighted by molar-refractivity contribution is 5.95. The molecule has 1 aliphatic rings. The number of carboxylic acid groups (broad SMARTS) is 2. The van der Waals surface area contributed by atoms with Gasteiger partial charge >= 0.3 is 18.1 Å². The Morgan fingerprint density at radius 1 is 1.16 bits per heavy atom. The Bertz CT molecular complexity index is 965. The number of amides is 1. The Labute approximate surface area is 175 Å². The van der Waals surface area contributed by atoms with Gasteiger partial charge < -0.3 is 15.1 Å². The van der Waals surface area contributed by atoms with E-state index in [1.807, 2.05) is 11.8 Å². The molecule has 166 valence electrons. The summed E-state index contributed by atoms with van der Waals surface area (Å²) in [6.45, 7) is 3.07. The van der Waals surface area contributed by atoms with Crippen molar-refractivity contribution in [2.45, 2.75) is 32.4 Å². The normalized spacial score (nSPS) is 13.4. The van der Waals surface area contributed by atoms with Gasteiger partial charge in [0.2, 0.25) is 5.91 Å². The fraction of sp³-hybridized carbons (Fsp3) is 0.350. The molecule has 0 radical (unpaired) electrons. The molecule has 3 heterocycles. The summed E-state index contributed by atoms with van der Waals surface area (Å²) in [6.07, 6.45) is -0.0899. The van der Waals surface area contributed by atoms with Crippen molar-refractivity contribution in [2.75, 3.05) is 13.1 Å². The fourth-order valence-corrected chi connectivity index (χ4v) is 2.99. The summed E-state index contributed by atoms with van der Waals surface area (Å²) < 4.78 is 31.7. The molecule has 2 N–H and O–H groups in total. The molecule has 1 amide bonds. The highest BCUT2D eigenvalue weighted by atomic mass is 19.4. The number of hydrogen-bond acceptors (Lipinski definition) is 5. The van der Waals surface area contributed by atoms with Crippen molar-refractivity contribution in [1.29, 1.82) is 0 Å². The molecule has 8 nitrogen and oxygen atoms in total. The van der Waals surface area contributed by atoms with E-state index in [1.54, 1.807) is 30.6 Å². The maximum absolute atomic E-state index is 11.9. The van der Waals surface area contributed by atoms with Gasteiger partial charge in [0.15, 0.2) is 0 Å². The third-order valence-electron chi connectivity index (χ3n) is 4.52. The molecule has 3 rings (SSSR count). The van der Waals surface area contributed by atoms with Gasteiger partial charge in [-0.05, 0) is 30.2 Å². The van der Waals surface area contributed by atoms with Crippen LogP contribution >= 0.6 is 0 Å². The van der Waals surface area contributed by atoms with Crippen LogP contribution in [-0.4, -0.2) is 62.2 Å². The summed E-state index contributed by atoms with van der Waals surface area (Å²) in [5.41, 5.74) is 3.07. The van der Waals surface area contributed by atoms with E-state index in [-0.39, 0.29) is 11.5 Å². The minimum atomic E-state index is -5.08. The Morgan fingerprint density at radius 3 is 2.32 bits per heavy atom. The largest absolute Gasteiger partial charge is 0.490 e. The zero-order chi connectivity index (χ0) is 23.2. The zero-order valence-electron chi connectivity index (χ0n) is 16.5. The number of carbonyl (C=O) groups is 3. The standard InChI is InChI=1S/C18H19N3O3.C2HF3O2/c1-2-16(22)21-8-5-12-10-14(18(23)24)17(20-15(12)6-9-21)13-4-3-7-19-11-13;3-2(4,5)1(6)7/h3-4,7,10-11H,2,5-6,8-9H2,1H3,(H,23,24);(H,6,7). The number of pyridine rings is 2. The second kappa shape index (κ2) is 10.0. The molecular weight excluding hydrogens is 419 g/mol. The number of carbonyl (C=O) groups excluding carboxylic acids is 1. The molecule has 0 aromatic carbocycles. The van der Waals surface area contributed by atoms with Crippen molar-refractivity contribution < 1.29 is 37.8 Å². The van der Waals surface area contributed by atoms with Gasteiger partial charge in [-0.1, -0.05) is 6.92 Å². The summed E-state index contributed by atoms with van der Waals surface area (Å²) in [7, 11) is 0. The summed E-state index contributed by atoms with van der Waals surface area (Å²) in [6, 6.07) is 5.26. The van der Waals surface area contributed by atoms with Crippen LogP contribution in [0.4, 0.5) is 13.2 Å². The molecule has 0 atom stereocenters. The third-order valence-corrected chi connectivity index (χ3v) is 4.52. The van der Waals surface area contributed by atoms with E-state index in [9.17, 15) is 27.9 Å². The van der Waals surface area contributed by atoms with Crippen LogP contribution in [0, 0.1) is 0 Å². The Morgan fingerprint density at radius 2 is 1.81 bits per heavy atom. The quantitative estimate of drug-likeness (QED) is 0.754. The molecule has 0 unspecified atom stereocenters. The Kier molecular flexibility index (Phi) is 7.67. The minimum absolute atomic E-state index is 0.119. The van der Waals surface area contributed by atoms with Gasteiger partial charge in [0.25, 0.3) is 0 Å². The molecule has 31 heavy (non-hydrogen) atoms. The van der Waals surface area contributed by atoms with Crippen LogP contribution in [0.2, 0.25) is 0 Å². The lowest BCUT2D eigenvalue weighted by Crippen LogP contribution is -2.32. The molecule has 1 aliphatic heterocycles. The van der Waals surface area contributed by atoms with Gasteiger partial charge in [0, 0.05) is 49.6 Å². The van der Waals surface area contributed by atoms with Crippen LogP contribution in [-0.2, 0) is 22.4 Å². The molecule has 0 bridgehead atoms. The third kappa shape index (κ3) is 6.24. The first-order valence-corrected chi connectivity index (χ1v) is 9.29. The van der Waals surface area contributed by atoms with Crippen molar-refractivity contribution in [3.63, 3.8) is 0 Å². The monoisotopic (exact) mass is 439 g/mol. The van der Waals surface area contributed by atoms with Gasteiger partial charge in [0.1, 0.15) is 0 Å². The number of carboxylic acids is 2. The lowest BCUT2D eigenvalue weighted by atomic mass is 10.0. The van der Waals surface area contributed by atoms with E-state index >= 15 is 0 Å². The molecule has 0 aliphatic carbocycles. The molecule has 0 saturated heterocycles. The van der Waals surface area contributed by atoms with Crippen LogP contribution in [0.15, 0.2) is 30.6 Å². The average Bonchev–Trinajstić information content (AvgIpc) is 2.94. The minimum Gasteiger partial charge on any atom is -0.478 e. The van der Waals surface area contributed by atoms with Gasteiger partial charge in [0.05, 0.1) is 11.3 Å². The zero-order valence-corrected chi connectivity index (χ0v) is 16.5. The first kappa shape index (κ1) is 23.8. The number of aromatic carboxylic acids is 1. The topological polar surface area (TPSA) is 121 Å². The second-order valence-electron chi connectivity index (χ2n) is 6.57.